The third kappa shape index (κ3) is 3.88. The summed E-state index contributed by atoms with van der Waals surface area (Å²) in [6.07, 6.45) is 3.41. The molecule has 8 heteroatoms. The minimum absolute atomic E-state index is 0.00790. The minimum atomic E-state index is -0.600. The number of nitrogens with one attached hydrogen (secondary N) is 1. The summed E-state index contributed by atoms with van der Waals surface area (Å²) in [6.45, 7) is 4.74. The van der Waals surface area contributed by atoms with Crippen LogP contribution in [-0.4, -0.2) is 46.4 Å². The highest BCUT2D eigenvalue weighted by molar-refractivity contribution is 5.99. The van der Waals surface area contributed by atoms with Crippen LogP contribution in [0.25, 0.3) is 0 Å². The highest BCUT2D eigenvalue weighted by atomic mass is 16.6. The number of amides is 1. The lowest BCUT2D eigenvalue weighted by Gasteiger charge is -2.21. The standard InChI is InChI=1S/C13H19N5O3/c1-9(8-17-4-2-3-5-17)16-13(19)11-6-10(18(20)21)7-15-12(11)14/h6-7,9H,2-5,8H2,1H3,(H2,14,15)(H,16,19). The smallest absolute Gasteiger partial charge is 0.288 e. The Kier molecular flexibility index (Phi) is 4.69. The second-order valence-corrected chi connectivity index (χ2v) is 5.27. The van der Waals surface area contributed by atoms with Gasteiger partial charge in [-0.25, -0.2) is 4.98 Å². The first-order chi connectivity index (χ1) is 9.97. The molecule has 1 aliphatic heterocycles. The minimum Gasteiger partial charge on any atom is -0.383 e. The third-order valence-corrected chi connectivity index (χ3v) is 3.47. The van der Waals surface area contributed by atoms with Crippen molar-refractivity contribution in [2.24, 2.45) is 0 Å². The molecule has 21 heavy (non-hydrogen) atoms. The molecule has 1 aliphatic rings. The van der Waals surface area contributed by atoms with Gasteiger partial charge in [-0.1, -0.05) is 0 Å². The van der Waals surface area contributed by atoms with Crippen molar-refractivity contribution in [2.75, 3.05) is 25.4 Å². The van der Waals surface area contributed by atoms with Crippen LogP contribution in [0.15, 0.2) is 12.3 Å². The average molecular weight is 293 g/mol. The summed E-state index contributed by atoms with van der Waals surface area (Å²) in [5.41, 5.74) is 5.42. The quantitative estimate of drug-likeness (QED) is 0.612. The summed E-state index contributed by atoms with van der Waals surface area (Å²) in [5, 5.41) is 13.5. The largest absolute Gasteiger partial charge is 0.383 e. The zero-order chi connectivity index (χ0) is 15.4. The Morgan fingerprint density at radius 3 is 2.86 bits per heavy atom. The number of hydrogen-bond donors (Lipinski definition) is 2. The number of likely N-dealkylation sites (tertiary alicyclic amines) is 1. The van der Waals surface area contributed by atoms with E-state index in [9.17, 15) is 14.9 Å². The maximum absolute atomic E-state index is 12.2. The van der Waals surface area contributed by atoms with Crippen LogP contribution in [0, 0.1) is 10.1 Å². The number of nitrogens with zero attached hydrogens (tertiary/aromatic N) is 3. The number of anilines is 1. The number of carbonyl (C=O) groups excluding carboxylic acids is 1. The van der Waals surface area contributed by atoms with E-state index in [0.29, 0.717) is 0 Å². The van der Waals surface area contributed by atoms with Gasteiger partial charge >= 0.3 is 0 Å². The Labute approximate surface area is 122 Å². The number of nitrogen functional groups attached to an aromatic ring is 1. The van der Waals surface area contributed by atoms with Gasteiger partial charge in [-0.15, -0.1) is 0 Å². The lowest BCUT2D eigenvalue weighted by molar-refractivity contribution is -0.385. The average Bonchev–Trinajstić information content (AvgIpc) is 2.91. The molecule has 1 aromatic heterocycles. The normalized spacial score (nSPS) is 16.6. The fourth-order valence-electron chi connectivity index (χ4n) is 2.45. The molecule has 0 spiro atoms. The molecule has 1 unspecified atom stereocenters. The van der Waals surface area contributed by atoms with E-state index in [4.69, 9.17) is 5.73 Å². The summed E-state index contributed by atoms with van der Waals surface area (Å²) < 4.78 is 0. The molecule has 0 aromatic carbocycles. The first kappa shape index (κ1) is 15.2. The number of rotatable bonds is 5. The number of nitrogens with two attached hydrogens (primary N) is 1. The number of carbonyl (C=O) groups is 1. The first-order valence-electron chi connectivity index (χ1n) is 6.90. The fourth-order valence-corrected chi connectivity index (χ4v) is 2.45. The zero-order valence-corrected chi connectivity index (χ0v) is 11.9. The predicted octanol–water partition coefficient (Wildman–Crippen LogP) is 0.786. The lowest BCUT2D eigenvalue weighted by atomic mass is 10.2. The van der Waals surface area contributed by atoms with Crippen LogP contribution in [0.4, 0.5) is 11.5 Å². The van der Waals surface area contributed by atoms with Gasteiger partial charge < -0.3 is 16.0 Å². The van der Waals surface area contributed by atoms with E-state index in [-0.39, 0.29) is 23.1 Å². The maximum atomic E-state index is 12.2. The van der Waals surface area contributed by atoms with Crippen molar-refractivity contribution in [3.05, 3.63) is 27.9 Å². The second kappa shape index (κ2) is 6.49. The van der Waals surface area contributed by atoms with Crippen LogP contribution in [0.1, 0.15) is 30.1 Å². The molecule has 1 saturated heterocycles. The summed E-state index contributed by atoms with van der Waals surface area (Å²) in [4.78, 5) is 28.3. The summed E-state index contributed by atoms with van der Waals surface area (Å²) in [5.74, 6) is -0.443. The van der Waals surface area contributed by atoms with Crippen molar-refractivity contribution < 1.29 is 9.72 Å². The maximum Gasteiger partial charge on any atom is 0.288 e. The van der Waals surface area contributed by atoms with Gasteiger partial charge in [-0.2, -0.15) is 0 Å². The van der Waals surface area contributed by atoms with E-state index >= 15 is 0 Å². The van der Waals surface area contributed by atoms with Gasteiger partial charge in [0.1, 0.15) is 12.0 Å². The van der Waals surface area contributed by atoms with Crippen LogP contribution in [0.2, 0.25) is 0 Å². The SMILES string of the molecule is CC(CN1CCCC1)NC(=O)c1cc([N+](=O)[O-])cnc1N. The van der Waals surface area contributed by atoms with Crippen molar-refractivity contribution in [1.29, 1.82) is 0 Å². The molecule has 0 radical (unpaired) electrons. The van der Waals surface area contributed by atoms with Gasteiger partial charge in [-0.05, 0) is 32.9 Å². The highest BCUT2D eigenvalue weighted by Gasteiger charge is 2.20. The molecule has 1 aromatic rings. The zero-order valence-electron chi connectivity index (χ0n) is 11.9. The second-order valence-electron chi connectivity index (χ2n) is 5.27. The number of aromatic nitrogens is 1. The van der Waals surface area contributed by atoms with Crippen molar-refractivity contribution in [3.63, 3.8) is 0 Å². The molecule has 1 fully saturated rings. The highest BCUT2D eigenvalue weighted by Crippen LogP contribution is 2.17. The van der Waals surface area contributed by atoms with Gasteiger partial charge in [-0.3, -0.25) is 14.9 Å². The molecule has 2 heterocycles. The third-order valence-electron chi connectivity index (χ3n) is 3.47. The molecule has 0 saturated carbocycles. The van der Waals surface area contributed by atoms with E-state index < -0.39 is 10.8 Å². The van der Waals surface area contributed by atoms with Crippen molar-refractivity contribution in [2.45, 2.75) is 25.8 Å². The summed E-state index contributed by atoms with van der Waals surface area (Å²) in [7, 11) is 0. The Balaban J connectivity index is 2.01. The van der Waals surface area contributed by atoms with Gasteiger partial charge in [0.05, 0.1) is 10.5 Å². The van der Waals surface area contributed by atoms with Gasteiger partial charge in [0.25, 0.3) is 11.6 Å². The number of hydrogen-bond acceptors (Lipinski definition) is 6. The van der Waals surface area contributed by atoms with Crippen LogP contribution < -0.4 is 11.1 Å². The molecule has 3 N–H and O–H groups in total. The topological polar surface area (TPSA) is 114 Å². The van der Waals surface area contributed by atoms with Gasteiger partial charge in [0.2, 0.25) is 0 Å². The van der Waals surface area contributed by atoms with Crippen molar-refractivity contribution in [3.8, 4) is 0 Å². The van der Waals surface area contributed by atoms with E-state index in [1.165, 1.54) is 12.8 Å². The Morgan fingerprint density at radius 1 is 1.57 bits per heavy atom. The molecule has 114 valence electrons. The van der Waals surface area contributed by atoms with Crippen LogP contribution in [-0.2, 0) is 0 Å². The Hall–Kier alpha value is -2.22. The molecule has 1 atom stereocenters. The molecular weight excluding hydrogens is 274 g/mol. The molecule has 1 amide bonds. The molecular formula is C13H19N5O3. The number of nitro groups is 1. The molecule has 2 rings (SSSR count). The van der Waals surface area contributed by atoms with Crippen LogP contribution in [0.3, 0.4) is 0 Å². The van der Waals surface area contributed by atoms with Crippen LogP contribution in [0.5, 0.6) is 0 Å². The van der Waals surface area contributed by atoms with Gasteiger partial charge in [0.15, 0.2) is 0 Å². The van der Waals surface area contributed by atoms with E-state index in [1.54, 1.807) is 0 Å². The molecule has 8 nitrogen and oxygen atoms in total. The fraction of sp³-hybridized carbons (Fsp3) is 0.538. The van der Waals surface area contributed by atoms with Crippen LogP contribution >= 0.6 is 0 Å². The van der Waals surface area contributed by atoms with Crippen molar-refractivity contribution in [1.82, 2.24) is 15.2 Å². The number of pyridine rings is 1. The molecule has 0 bridgehead atoms. The summed E-state index contributed by atoms with van der Waals surface area (Å²) in [6, 6.07) is 1.09. The molecule has 0 aliphatic carbocycles. The first-order valence-corrected chi connectivity index (χ1v) is 6.90. The lowest BCUT2D eigenvalue weighted by Crippen LogP contribution is -2.41. The van der Waals surface area contributed by atoms with Crippen molar-refractivity contribution >= 4 is 17.4 Å². The predicted molar refractivity (Wildman–Crippen MR) is 77.9 cm³/mol. The Bertz CT molecular complexity index is 543. The summed E-state index contributed by atoms with van der Waals surface area (Å²) >= 11 is 0. The van der Waals surface area contributed by atoms with Gasteiger partial charge in [0, 0.05) is 18.7 Å². The Morgan fingerprint density at radius 2 is 2.24 bits per heavy atom. The van der Waals surface area contributed by atoms with E-state index in [1.807, 2.05) is 6.92 Å². The monoisotopic (exact) mass is 293 g/mol. The van der Waals surface area contributed by atoms with E-state index in [0.717, 1.165) is 31.9 Å². The van der Waals surface area contributed by atoms with E-state index in [2.05, 4.69) is 15.2 Å².